The second-order valence-electron chi connectivity index (χ2n) is 5.94. The number of carbonyl (C=O) groups is 2. The van der Waals surface area contributed by atoms with Crippen LogP contribution in [0.4, 0.5) is 0 Å². The molecule has 0 unspecified atom stereocenters. The average Bonchev–Trinajstić information content (AvgIpc) is 2.65. The van der Waals surface area contributed by atoms with E-state index in [0.29, 0.717) is 24.7 Å². The summed E-state index contributed by atoms with van der Waals surface area (Å²) in [5.41, 5.74) is 1.96. The van der Waals surface area contributed by atoms with Crippen LogP contribution in [-0.2, 0) is 22.7 Å². The van der Waals surface area contributed by atoms with Gasteiger partial charge in [0.25, 0.3) is 0 Å². The van der Waals surface area contributed by atoms with E-state index in [-0.39, 0.29) is 18.2 Å². The summed E-state index contributed by atoms with van der Waals surface area (Å²) >= 11 is 5.88. The van der Waals surface area contributed by atoms with Gasteiger partial charge in [0.2, 0.25) is 11.8 Å². The zero-order valence-corrected chi connectivity index (χ0v) is 15.8. The fourth-order valence-corrected chi connectivity index (χ4v) is 2.55. The molecule has 0 radical (unpaired) electrons. The van der Waals surface area contributed by atoms with Gasteiger partial charge in [-0.15, -0.1) is 0 Å². The SMILES string of the molecule is COc1ccc(CNC(=O)CCN(Cc2ccc(Cl)cc2)C(C)=O)cc1. The van der Waals surface area contributed by atoms with Crippen molar-refractivity contribution in [3.63, 3.8) is 0 Å². The number of carbonyl (C=O) groups excluding carboxylic acids is 2. The van der Waals surface area contributed by atoms with Gasteiger partial charge in [-0.2, -0.15) is 0 Å². The van der Waals surface area contributed by atoms with E-state index in [1.165, 1.54) is 6.92 Å². The molecule has 5 nitrogen and oxygen atoms in total. The molecule has 0 saturated heterocycles. The Morgan fingerprint density at radius 3 is 2.23 bits per heavy atom. The van der Waals surface area contributed by atoms with Gasteiger partial charge in [-0.1, -0.05) is 35.9 Å². The number of ether oxygens (including phenoxy) is 1. The number of methoxy groups -OCH3 is 1. The highest BCUT2D eigenvalue weighted by Crippen LogP contribution is 2.12. The van der Waals surface area contributed by atoms with Crippen LogP contribution in [0.2, 0.25) is 5.02 Å². The lowest BCUT2D eigenvalue weighted by Crippen LogP contribution is -2.33. The first-order valence-corrected chi connectivity index (χ1v) is 8.75. The summed E-state index contributed by atoms with van der Waals surface area (Å²) in [4.78, 5) is 25.5. The van der Waals surface area contributed by atoms with E-state index in [1.807, 2.05) is 36.4 Å². The van der Waals surface area contributed by atoms with Crippen molar-refractivity contribution in [3.8, 4) is 5.75 Å². The van der Waals surface area contributed by atoms with Crippen LogP contribution in [0.5, 0.6) is 5.75 Å². The van der Waals surface area contributed by atoms with Gasteiger partial charge in [-0.25, -0.2) is 0 Å². The molecule has 0 aliphatic heterocycles. The Morgan fingerprint density at radius 2 is 1.65 bits per heavy atom. The molecular weight excluding hydrogens is 352 g/mol. The quantitative estimate of drug-likeness (QED) is 0.770. The minimum atomic E-state index is -0.0943. The lowest BCUT2D eigenvalue weighted by Gasteiger charge is -2.21. The summed E-state index contributed by atoms with van der Waals surface area (Å²) in [5, 5.41) is 3.52. The maximum Gasteiger partial charge on any atom is 0.222 e. The summed E-state index contributed by atoms with van der Waals surface area (Å²) in [7, 11) is 1.61. The molecular formula is C20H23ClN2O3. The van der Waals surface area contributed by atoms with Crippen LogP contribution in [0.3, 0.4) is 0 Å². The van der Waals surface area contributed by atoms with Crippen molar-refractivity contribution < 1.29 is 14.3 Å². The number of benzene rings is 2. The highest BCUT2D eigenvalue weighted by molar-refractivity contribution is 6.30. The van der Waals surface area contributed by atoms with E-state index in [4.69, 9.17) is 16.3 Å². The topological polar surface area (TPSA) is 58.6 Å². The number of nitrogens with zero attached hydrogens (tertiary/aromatic N) is 1. The first-order chi connectivity index (χ1) is 12.5. The van der Waals surface area contributed by atoms with E-state index in [2.05, 4.69) is 5.32 Å². The predicted octanol–water partition coefficient (Wildman–Crippen LogP) is 3.40. The first-order valence-electron chi connectivity index (χ1n) is 8.37. The molecule has 1 N–H and O–H groups in total. The molecule has 2 aromatic carbocycles. The smallest absolute Gasteiger partial charge is 0.222 e. The Hall–Kier alpha value is -2.53. The molecule has 26 heavy (non-hydrogen) atoms. The number of hydrogen-bond acceptors (Lipinski definition) is 3. The van der Waals surface area contributed by atoms with Gasteiger partial charge in [-0.3, -0.25) is 9.59 Å². The van der Waals surface area contributed by atoms with Crippen LogP contribution in [0.25, 0.3) is 0 Å². The Kier molecular flexibility index (Phi) is 7.48. The van der Waals surface area contributed by atoms with Crippen LogP contribution < -0.4 is 10.1 Å². The molecule has 0 aliphatic rings. The Balaban J connectivity index is 1.80. The third-order valence-electron chi connectivity index (χ3n) is 3.99. The maximum absolute atomic E-state index is 12.1. The predicted molar refractivity (Wildman–Crippen MR) is 102 cm³/mol. The standard InChI is InChI=1S/C20H23ClN2O3/c1-15(24)23(14-17-3-7-18(21)8-4-17)12-11-20(25)22-13-16-5-9-19(26-2)10-6-16/h3-10H,11-14H2,1-2H3,(H,22,25). The largest absolute Gasteiger partial charge is 0.497 e. The van der Waals surface area contributed by atoms with Gasteiger partial charge in [0.05, 0.1) is 7.11 Å². The molecule has 0 spiro atoms. The molecule has 2 amide bonds. The molecule has 138 valence electrons. The van der Waals surface area contributed by atoms with Crippen molar-refractivity contribution in [2.24, 2.45) is 0 Å². The number of rotatable bonds is 8. The van der Waals surface area contributed by atoms with Gasteiger partial charge in [0, 0.05) is 38.0 Å². The highest BCUT2D eigenvalue weighted by Gasteiger charge is 2.12. The fourth-order valence-electron chi connectivity index (χ4n) is 2.43. The summed E-state index contributed by atoms with van der Waals surface area (Å²) < 4.78 is 5.11. The normalized spacial score (nSPS) is 10.3. The van der Waals surface area contributed by atoms with Crippen molar-refractivity contribution in [1.29, 1.82) is 0 Å². The van der Waals surface area contributed by atoms with Gasteiger partial charge >= 0.3 is 0 Å². The Labute approximate surface area is 158 Å². The third-order valence-corrected chi connectivity index (χ3v) is 4.24. The molecule has 2 rings (SSSR count). The molecule has 0 heterocycles. The lowest BCUT2D eigenvalue weighted by atomic mass is 10.2. The summed E-state index contributed by atoms with van der Waals surface area (Å²) in [5.74, 6) is 0.616. The van der Waals surface area contributed by atoms with E-state index < -0.39 is 0 Å². The zero-order valence-electron chi connectivity index (χ0n) is 15.0. The fraction of sp³-hybridized carbons (Fsp3) is 0.300. The van der Waals surface area contributed by atoms with Crippen LogP contribution in [0, 0.1) is 0 Å². The van der Waals surface area contributed by atoms with Crippen molar-refractivity contribution in [2.45, 2.75) is 26.4 Å². The minimum Gasteiger partial charge on any atom is -0.497 e. The van der Waals surface area contributed by atoms with Crippen molar-refractivity contribution in [2.75, 3.05) is 13.7 Å². The maximum atomic E-state index is 12.1. The third kappa shape index (κ3) is 6.41. The number of hydrogen-bond donors (Lipinski definition) is 1. The summed E-state index contributed by atoms with van der Waals surface area (Å²) in [6, 6.07) is 14.8. The summed E-state index contributed by atoms with van der Waals surface area (Å²) in [6.07, 6.45) is 0.253. The van der Waals surface area contributed by atoms with Crippen molar-refractivity contribution >= 4 is 23.4 Å². The molecule has 0 bridgehead atoms. The van der Waals surface area contributed by atoms with E-state index in [1.54, 1.807) is 24.1 Å². The first kappa shape index (κ1) is 19.8. The second-order valence-corrected chi connectivity index (χ2v) is 6.38. The number of amides is 2. The summed E-state index contributed by atoms with van der Waals surface area (Å²) in [6.45, 7) is 2.77. The van der Waals surface area contributed by atoms with Crippen LogP contribution >= 0.6 is 11.6 Å². The Morgan fingerprint density at radius 1 is 1.04 bits per heavy atom. The molecule has 6 heteroatoms. The molecule has 0 aliphatic carbocycles. The van der Waals surface area contributed by atoms with Crippen LogP contribution in [0.1, 0.15) is 24.5 Å². The van der Waals surface area contributed by atoms with Gasteiger partial charge in [0.1, 0.15) is 5.75 Å². The van der Waals surface area contributed by atoms with Crippen molar-refractivity contribution in [3.05, 3.63) is 64.7 Å². The number of nitrogens with one attached hydrogen (secondary N) is 1. The van der Waals surface area contributed by atoms with E-state index in [9.17, 15) is 9.59 Å². The molecule has 0 fully saturated rings. The van der Waals surface area contributed by atoms with Crippen LogP contribution in [0.15, 0.2) is 48.5 Å². The number of halogens is 1. The lowest BCUT2D eigenvalue weighted by molar-refractivity contribution is -0.130. The average molecular weight is 375 g/mol. The van der Waals surface area contributed by atoms with E-state index >= 15 is 0 Å². The van der Waals surface area contributed by atoms with Crippen LogP contribution in [-0.4, -0.2) is 30.4 Å². The minimum absolute atomic E-state index is 0.0668. The molecule has 0 atom stereocenters. The van der Waals surface area contributed by atoms with Gasteiger partial charge < -0.3 is 15.0 Å². The highest BCUT2D eigenvalue weighted by atomic mass is 35.5. The van der Waals surface area contributed by atoms with Crippen molar-refractivity contribution in [1.82, 2.24) is 10.2 Å². The zero-order chi connectivity index (χ0) is 18.9. The second kappa shape index (κ2) is 9.82. The Bertz CT molecular complexity index is 730. The molecule has 0 aromatic heterocycles. The van der Waals surface area contributed by atoms with Gasteiger partial charge in [-0.05, 0) is 35.4 Å². The molecule has 0 saturated carbocycles. The molecule has 2 aromatic rings. The van der Waals surface area contributed by atoms with Gasteiger partial charge in [0.15, 0.2) is 0 Å². The van der Waals surface area contributed by atoms with E-state index in [0.717, 1.165) is 16.9 Å². The monoisotopic (exact) mass is 374 g/mol.